The molecule has 1 atom stereocenters. The van der Waals surface area contributed by atoms with E-state index >= 15 is 0 Å². The molecular weight excluding hydrogens is 224 g/mol. The lowest BCUT2D eigenvalue weighted by atomic mass is 9.89. The zero-order valence-electron chi connectivity index (χ0n) is 11.7. The van der Waals surface area contributed by atoms with Crippen LogP contribution < -0.4 is 5.56 Å². The van der Waals surface area contributed by atoms with E-state index in [1.54, 1.807) is 6.20 Å². The molecule has 0 aliphatic rings. The smallest absolute Gasteiger partial charge is 0.267 e. The molecule has 0 aliphatic heterocycles. The minimum Gasteiger partial charge on any atom is -0.268 e. The Morgan fingerprint density at radius 3 is 2.50 bits per heavy atom. The van der Waals surface area contributed by atoms with Gasteiger partial charge in [-0.3, -0.25) is 4.79 Å². The van der Waals surface area contributed by atoms with Gasteiger partial charge in [0.15, 0.2) is 0 Å². The number of hydrogen-bond acceptors (Lipinski definition) is 2. The number of aromatic nitrogens is 2. The second kappa shape index (κ2) is 8.90. The minimum absolute atomic E-state index is 0.00547. The average Bonchev–Trinajstić information content (AvgIpc) is 2.39. The molecule has 0 saturated carbocycles. The van der Waals surface area contributed by atoms with Gasteiger partial charge in [0.25, 0.3) is 5.56 Å². The van der Waals surface area contributed by atoms with Crippen LogP contribution in [0.25, 0.3) is 0 Å². The van der Waals surface area contributed by atoms with E-state index in [1.807, 2.05) is 6.07 Å². The Labute approximate surface area is 110 Å². The van der Waals surface area contributed by atoms with Crippen LogP contribution in [0.5, 0.6) is 0 Å². The highest BCUT2D eigenvalue weighted by atomic mass is 16.1. The van der Waals surface area contributed by atoms with Gasteiger partial charge in [0.05, 0.1) is 0 Å². The van der Waals surface area contributed by atoms with Crippen LogP contribution in [0, 0.1) is 0 Å². The molecule has 3 nitrogen and oxygen atoms in total. The number of nitrogens with one attached hydrogen (secondary N) is 1. The Hall–Kier alpha value is -1.12. The summed E-state index contributed by atoms with van der Waals surface area (Å²) >= 11 is 0. The fourth-order valence-corrected chi connectivity index (χ4v) is 2.40. The van der Waals surface area contributed by atoms with E-state index in [-0.39, 0.29) is 5.56 Å². The summed E-state index contributed by atoms with van der Waals surface area (Å²) in [4.78, 5) is 11.8. The SMILES string of the molecule is CCCCCCC(CCCC)c1ccn[nH]c1=O. The first kappa shape index (κ1) is 14.9. The molecule has 18 heavy (non-hydrogen) atoms. The van der Waals surface area contributed by atoms with Crippen molar-refractivity contribution < 1.29 is 0 Å². The van der Waals surface area contributed by atoms with Gasteiger partial charge in [0, 0.05) is 11.8 Å². The molecule has 1 N–H and O–H groups in total. The zero-order valence-corrected chi connectivity index (χ0v) is 11.7. The summed E-state index contributed by atoms with van der Waals surface area (Å²) in [6, 6.07) is 1.89. The molecule has 0 amide bonds. The summed E-state index contributed by atoms with van der Waals surface area (Å²) < 4.78 is 0. The van der Waals surface area contributed by atoms with Crippen molar-refractivity contribution in [3.63, 3.8) is 0 Å². The predicted molar refractivity (Wildman–Crippen MR) is 75.9 cm³/mol. The summed E-state index contributed by atoms with van der Waals surface area (Å²) in [5.74, 6) is 0.411. The first-order valence-corrected chi connectivity index (χ1v) is 7.33. The lowest BCUT2D eigenvalue weighted by Crippen LogP contribution is -2.17. The minimum atomic E-state index is -0.00547. The van der Waals surface area contributed by atoms with E-state index in [0.29, 0.717) is 5.92 Å². The molecule has 0 saturated heterocycles. The van der Waals surface area contributed by atoms with Crippen LogP contribution >= 0.6 is 0 Å². The third kappa shape index (κ3) is 5.03. The first-order valence-electron chi connectivity index (χ1n) is 7.33. The van der Waals surface area contributed by atoms with Gasteiger partial charge < -0.3 is 0 Å². The Kier molecular flexibility index (Phi) is 7.38. The Morgan fingerprint density at radius 2 is 1.83 bits per heavy atom. The van der Waals surface area contributed by atoms with E-state index in [4.69, 9.17) is 0 Å². The van der Waals surface area contributed by atoms with E-state index in [0.717, 1.165) is 18.4 Å². The highest BCUT2D eigenvalue weighted by molar-refractivity contribution is 5.12. The van der Waals surface area contributed by atoms with Crippen LogP contribution in [-0.2, 0) is 0 Å². The van der Waals surface area contributed by atoms with Crippen molar-refractivity contribution >= 4 is 0 Å². The first-order chi connectivity index (χ1) is 8.79. The number of unbranched alkanes of at least 4 members (excludes halogenated alkanes) is 4. The maximum absolute atomic E-state index is 11.8. The van der Waals surface area contributed by atoms with Gasteiger partial charge in [-0.1, -0.05) is 52.4 Å². The van der Waals surface area contributed by atoms with Crippen LogP contribution in [0.2, 0.25) is 0 Å². The van der Waals surface area contributed by atoms with Crippen LogP contribution in [0.4, 0.5) is 0 Å². The Bertz CT molecular complexity index is 373. The van der Waals surface area contributed by atoms with E-state index in [2.05, 4.69) is 24.0 Å². The molecular formula is C15H26N2O. The van der Waals surface area contributed by atoms with Gasteiger partial charge in [-0.25, -0.2) is 5.10 Å². The molecule has 1 rings (SSSR count). The molecule has 1 unspecified atom stereocenters. The van der Waals surface area contributed by atoms with Crippen LogP contribution in [-0.4, -0.2) is 10.2 Å². The number of hydrogen-bond donors (Lipinski definition) is 1. The van der Waals surface area contributed by atoms with Gasteiger partial charge >= 0.3 is 0 Å². The van der Waals surface area contributed by atoms with Gasteiger partial charge in [-0.15, -0.1) is 0 Å². The van der Waals surface area contributed by atoms with Crippen molar-refractivity contribution in [3.8, 4) is 0 Å². The van der Waals surface area contributed by atoms with Gasteiger partial charge in [-0.2, -0.15) is 5.10 Å². The van der Waals surface area contributed by atoms with Crippen molar-refractivity contribution in [1.29, 1.82) is 0 Å². The van der Waals surface area contributed by atoms with Gasteiger partial charge in [0.1, 0.15) is 0 Å². The molecule has 1 heterocycles. The van der Waals surface area contributed by atoms with Crippen LogP contribution in [0.15, 0.2) is 17.1 Å². The second-order valence-corrected chi connectivity index (χ2v) is 5.03. The van der Waals surface area contributed by atoms with Gasteiger partial charge in [0.2, 0.25) is 0 Å². The molecule has 3 heteroatoms. The zero-order chi connectivity index (χ0) is 13.2. The van der Waals surface area contributed by atoms with Crippen molar-refractivity contribution in [3.05, 3.63) is 28.2 Å². The third-order valence-electron chi connectivity index (χ3n) is 3.51. The Morgan fingerprint density at radius 1 is 1.11 bits per heavy atom. The Balaban J connectivity index is 2.60. The monoisotopic (exact) mass is 250 g/mol. The molecule has 0 aliphatic carbocycles. The number of rotatable bonds is 9. The molecule has 0 aromatic carbocycles. The van der Waals surface area contributed by atoms with Crippen molar-refractivity contribution in [2.45, 2.75) is 71.1 Å². The number of nitrogens with zero attached hydrogens (tertiary/aromatic N) is 1. The molecule has 0 radical (unpaired) electrons. The summed E-state index contributed by atoms with van der Waals surface area (Å²) in [7, 11) is 0. The normalized spacial score (nSPS) is 12.6. The highest BCUT2D eigenvalue weighted by Gasteiger charge is 2.14. The molecule has 102 valence electrons. The number of aromatic amines is 1. The highest BCUT2D eigenvalue weighted by Crippen LogP contribution is 2.25. The fraction of sp³-hybridized carbons (Fsp3) is 0.733. The van der Waals surface area contributed by atoms with Crippen molar-refractivity contribution in [2.75, 3.05) is 0 Å². The summed E-state index contributed by atoms with van der Waals surface area (Å²) in [6.07, 6.45) is 11.4. The lowest BCUT2D eigenvalue weighted by Gasteiger charge is -2.15. The summed E-state index contributed by atoms with van der Waals surface area (Å²) in [6.45, 7) is 4.42. The largest absolute Gasteiger partial charge is 0.268 e. The maximum atomic E-state index is 11.8. The average molecular weight is 250 g/mol. The van der Waals surface area contributed by atoms with Gasteiger partial charge in [-0.05, 0) is 24.8 Å². The predicted octanol–water partition coefficient (Wildman–Crippen LogP) is 4.01. The second-order valence-electron chi connectivity index (χ2n) is 5.03. The maximum Gasteiger partial charge on any atom is 0.267 e. The van der Waals surface area contributed by atoms with E-state index in [9.17, 15) is 4.79 Å². The molecule has 0 bridgehead atoms. The molecule has 1 aromatic heterocycles. The van der Waals surface area contributed by atoms with Crippen LogP contribution in [0.1, 0.15) is 76.7 Å². The van der Waals surface area contributed by atoms with Crippen LogP contribution in [0.3, 0.4) is 0 Å². The molecule has 0 fully saturated rings. The quantitative estimate of drug-likeness (QED) is 0.673. The van der Waals surface area contributed by atoms with Crippen molar-refractivity contribution in [2.24, 2.45) is 0 Å². The lowest BCUT2D eigenvalue weighted by molar-refractivity contribution is 0.504. The third-order valence-corrected chi connectivity index (χ3v) is 3.51. The van der Waals surface area contributed by atoms with Crippen molar-refractivity contribution in [1.82, 2.24) is 10.2 Å². The fourth-order valence-electron chi connectivity index (χ4n) is 2.40. The number of H-pyrrole nitrogens is 1. The van der Waals surface area contributed by atoms with E-state index < -0.39 is 0 Å². The molecule has 0 spiro atoms. The summed E-state index contributed by atoms with van der Waals surface area (Å²) in [5, 5.41) is 6.33. The standard InChI is InChI=1S/C15H26N2O/c1-3-5-7-8-10-13(9-6-4-2)14-11-12-16-17-15(14)18/h11-13H,3-10H2,1-2H3,(H,17,18). The molecule has 1 aromatic rings. The topological polar surface area (TPSA) is 45.8 Å². The van der Waals surface area contributed by atoms with E-state index in [1.165, 1.54) is 38.5 Å². The summed E-state index contributed by atoms with van der Waals surface area (Å²) in [5.41, 5.74) is 0.920.